The van der Waals surface area contributed by atoms with Gasteiger partial charge >= 0.3 is 0 Å². The second-order valence-electron chi connectivity index (χ2n) is 2.60. The number of nitrogens with two attached hydrogens (primary N) is 1. The molecule has 1 rings (SSSR count). The van der Waals surface area contributed by atoms with E-state index < -0.39 is 0 Å². The molecule has 0 saturated carbocycles. The molecule has 0 aromatic heterocycles. The zero-order chi connectivity index (χ0) is 10.6. The van der Waals surface area contributed by atoms with E-state index in [-0.39, 0.29) is 5.91 Å². The molecule has 4 nitrogen and oxygen atoms in total. The normalized spacial score (nSPS) is 9.86. The summed E-state index contributed by atoms with van der Waals surface area (Å²) in [5.74, 6) is -0.342. The zero-order valence-corrected chi connectivity index (χ0v) is 9.30. The van der Waals surface area contributed by atoms with Gasteiger partial charge in [0, 0.05) is 10.2 Å². The maximum Gasteiger partial charge on any atom is 0.276 e. The molecule has 0 saturated heterocycles. The van der Waals surface area contributed by atoms with Crippen LogP contribution in [0.5, 0.6) is 0 Å². The third-order valence-corrected chi connectivity index (χ3v) is 2.06. The Hall–Kier alpha value is -1.07. The molecule has 0 spiro atoms. The molecule has 0 unspecified atom stereocenters. The summed E-state index contributed by atoms with van der Waals surface area (Å²) in [6, 6.07) is 5.07. The molecule has 0 aliphatic rings. The van der Waals surface area contributed by atoms with Gasteiger partial charge in [-0.3, -0.25) is 9.63 Å². The highest BCUT2D eigenvalue weighted by molar-refractivity contribution is 9.10. The number of nitrogens with one attached hydrogen (secondary N) is 1. The van der Waals surface area contributed by atoms with Gasteiger partial charge in [-0.05, 0) is 25.1 Å². The van der Waals surface area contributed by atoms with Crippen LogP contribution in [0, 0.1) is 0 Å². The van der Waals surface area contributed by atoms with Crippen LogP contribution in [0.4, 0.5) is 5.69 Å². The molecule has 0 atom stereocenters. The molecule has 0 heterocycles. The van der Waals surface area contributed by atoms with Gasteiger partial charge < -0.3 is 5.73 Å². The van der Waals surface area contributed by atoms with Crippen LogP contribution < -0.4 is 11.2 Å². The van der Waals surface area contributed by atoms with Gasteiger partial charge in [-0.25, -0.2) is 5.48 Å². The largest absolute Gasteiger partial charge is 0.398 e. The number of benzene rings is 1. The second kappa shape index (κ2) is 4.97. The molecule has 1 aromatic rings. The van der Waals surface area contributed by atoms with Crippen molar-refractivity contribution in [3.63, 3.8) is 0 Å². The summed E-state index contributed by atoms with van der Waals surface area (Å²) in [6.07, 6.45) is 0. The van der Waals surface area contributed by atoms with Crippen molar-refractivity contribution in [2.24, 2.45) is 0 Å². The Kier molecular flexibility index (Phi) is 3.91. The number of carbonyl (C=O) groups is 1. The summed E-state index contributed by atoms with van der Waals surface area (Å²) in [7, 11) is 0. The van der Waals surface area contributed by atoms with E-state index >= 15 is 0 Å². The van der Waals surface area contributed by atoms with Gasteiger partial charge in [0.05, 0.1) is 12.2 Å². The van der Waals surface area contributed by atoms with E-state index in [2.05, 4.69) is 21.4 Å². The van der Waals surface area contributed by atoms with Gasteiger partial charge in [0.25, 0.3) is 5.91 Å². The van der Waals surface area contributed by atoms with Gasteiger partial charge in [0.15, 0.2) is 0 Å². The van der Waals surface area contributed by atoms with Gasteiger partial charge in [-0.2, -0.15) is 0 Å². The summed E-state index contributed by atoms with van der Waals surface area (Å²) in [5.41, 5.74) is 8.72. The maximum atomic E-state index is 11.4. The minimum Gasteiger partial charge on any atom is -0.398 e. The average molecular weight is 259 g/mol. The number of amides is 1. The van der Waals surface area contributed by atoms with Gasteiger partial charge in [-0.15, -0.1) is 0 Å². The van der Waals surface area contributed by atoms with E-state index in [9.17, 15) is 4.79 Å². The molecule has 0 aliphatic heterocycles. The smallest absolute Gasteiger partial charge is 0.276 e. The molecule has 0 radical (unpaired) electrons. The van der Waals surface area contributed by atoms with Crippen LogP contribution in [0.15, 0.2) is 22.7 Å². The van der Waals surface area contributed by atoms with Gasteiger partial charge in [0.2, 0.25) is 0 Å². The van der Waals surface area contributed by atoms with Crippen LogP contribution in [0.25, 0.3) is 0 Å². The lowest BCUT2D eigenvalue weighted by molar-refractivity contribution is 0.0365. The molecule has 0 fully saturated rings. The molecular weight excluding hydrogens is 248 g/mol. The quantitative estimate of drug-likeness (QED) is 0.641. The number of nitrogen functional groups attached to an aromatic ring is 1. The predicted octanol–water partition coefficient (Wildman–Crippen LogP) is 1.71. The Morgan fingerprint density at radius 3 is 3.00 bits per heavy atom. The first-order chi connectivity index (χ1) is 6.65. The summed E-state index contributed by atoms with van der Waals surface area (Å²) in [4.78, 5) is 16.2. The monoisotopic (exact) mass is 258 g/mol. The molecular formula is C9H11BrN2O2. The number of hydroxylamine groups is 1. The van der Waals surface area contributed by atoms with Crippen molar-refractivity contribution in [2.75, 3.05) is 12.3 Å². The number of halogens is 1. The Morgan fingerprint density at radius 1 is 1.64 bits per heavy atom. The third-order valence-electron chi connectivity index (χ3n) is 1.57. The van der Waals surface area contributed by atoms with Crippen LogP contribution in [-0.2, 0) is 4.84 Å². The molecule has 1 amide bonds. The van der Waals surface area contributed by atoms with E-state index in [0.29, 0.717) is 17.9 Å². The fraction of sp³-hybridized carbons (Fsp3) is 0.222. The highest BCUT2D eigenvalue weighted by Crippen LogP contribution is 2.18. The van der Waals surface area contributed by atoms with Crippen LogP contribution >= 0.6 is 15.9 Å². The molecule has 76 valence electrons. The first-order valence-corrected chi connectivity index (χ1v) is 4.91. The number of hydrogen-bond donors (Lipinski definition) is 2. The average Bonchev–Trinajstić information content (AvgIpc) is 2.18. The lowest BCUT2D eigenvalue weighted by Crippen LogP contribution is -2.24. The standard InChI is InChI=1S/C9H11BrN2O2/c1-2-14-12-9(13)7-5-6(10)3-4-8(7)11/h3-5H,2,11H2,1H3,(H,12,13). The zero-order valence-electron chi connectivity index (χ0n) is 7.71. The predicted molar refractivity (Wildman–Crippen MR) is 57.6 cm³/mol. The van der Waals surface area contributed by atoms with Gasteiger partial charge in [-0.1, -0.05) is 15.9 Å². The van der Waals surface area contributed by atoms with E-state index in [1.807, 2.05) is 0 Å². The Labute approximate surface area is 90.5 Å². The molecule has 3 N–H and O–H groups in total. The Morgan fingerprint density at radius 2 is 2.36 bits per heavy atom. The first-order valence-electron chi connectivity index (χ1n) is 4.12. The van der Waals surface area contributed by atoms with E-state index in [1.54, 1.807) is 25.1 Å². The van der Waals surface area contributed by atoms with Crippen LogP contribution in [-0.4, -0.2) is 12.5 Å². The number of rotatable bonds is 3. The Bertz CT molecular complexity index is 342. The highest BCUT2D eigenvalue weighted by atomic mass is 79.9. The molecule has 14 heavy (non-hydrogen) atoms. The van der Waals surface area contributed by atoms with Crippen molar-refractivity contribution in [3.05, 3.63) is 28.2 Å². The van der Waals surface area contributed by atoms with Crippen LogP contribution in [0.3, 0.4) is 0 Å². The lowest BCUT2D eigenvalue weighted by Gasteiger charge is -2.06. The topological polar surface area (TPSA) is 64.3 Å². The molecule has 0 aliphatic carbocycles. The number of carbonyl (C=O) groups excluding carboxylic acids is 1. The van der Waals surface area contributed by atoms with Crippen molar-refractivity contribution in [2.45, 2.75) is 6.92 Å². The number of hydrogen-bond acceptors (Lipinski definition) is 3. The second-order valence-corrected chi connectivity index (χ2v) is 3.51. The molecule has 0 bridgehead atoms. The van der Waals surface area contributed by atoms with Crippen LogP contribution in [0.2, 0.25) is 0 Å². The minimum atomic E-state index is -0.342. The van der Waals surface area contributed by atoms with Crippen molar-refractivity contribution >= 4 is 27.5 Å². The molecule has 5 heteroatoms. The van der Waals surface area contributed by atoms with Crippen molar-refractivity contribution in [1.82, 2.24) is 5.48 Å². The van der Waals surface area contributed by atoms with Crippen molar-refractivity contribution in [1.29, 1.82) is 0 Å². The first kappa shape index (κ1) is 11.0. The lowest BCUT2D eigenvalue weighted by atomic mass is 10.2. The summed E-state index contributed by atoms with van der Waals surface area (Å²) >= 11 is 3.26. The maximum absolute atomic E-state index is 11.4. The fourth-order valence-electron chi connectivity index (χ4n) is 0.918. The van der Waals surface area contributed by atoms with E-state index in [0.717, 1.165) is 4.47 Å². The highest BCUT2D eigenvalue weighted by Gasteiger charge is 2.09. The molecule has 1 aromatic carbocycles. The minimum absolute atomic E-state index is 0.342. The third kappa shape index (κ3) is 2.71. The SMILES string of the molecule is CCONC(=O)c1cc(Br)ccc1N. The summed E-state index contributed by atoms with van der Waals surface area (Å²) < 4.78 is 0.799. The van der Waals surface area contributed by atoms with E-state index in [4.69, 9.17) is 10.6 Å². The Balaban J connectivity index is 2.83. The van der Waals surface area contributed by atoms with E-state index in [1.165, 1.54) is 0 Å². The number of anilines is 1. The van der Waals surface area contributed by atoms with Gasteiger partial charge in [0.1, 0.15) is 0 Å². The summed E-state index contributed by atoms with van der Waals surface area (Å²) in [6.45, 7) is 2.20. The van der Waals surface area contributed by atoms with Crippen molar-refractivity contribution < 1.29 is 9.63 Å². The fourth-order valence-corrected chi connectivity index (χ4v) is 1.28. The van der Waals surface area contributed by atoms with Crippen LogP contribution in [0.1, 0.15) is 17.3 Å². The summed E-state index contributed by atoms with van der Waals surface area (Å²) in [5, 5.41) is 0. The van der Waals surface area contributed by atoms with Crippen molar-refractivity contribution in [3.8, 4) is 0 Å².